The van der Waals surface area contributed by atoms with Gasteiger partial charge in [0.15, 0.2) is 0 Å². The number of urea groups is 1. The van der Waals surface area contributed by atoms with Crippen LogP contribution in [0.4, 0.5) is 4.79 Å². The van der Waals surface area contributed by atoms with Crippen LogP contribution < -0.4 is 10.6 Å². The average molecular weight is 243 g/mol. The predicted molar refractivity (Wildman–Crippen MR) is 59.4 cm³/mol. The van der Waals surface area contributed by atoms with E-state index in [9.17, 15) is 14.4 Å². The molecule has 0 aromatic carbocycles. The number of carboxylic acids is 1. The number of likely N-dealkylation sites (N-methyl/N-ethyl adjacent to an activating group) is 1. The zero-order valence-corrected chi connectivity index (χ0v) is 9.73. The van der Waals surface area contributed by atoms with Crippen LogP contribution in [-0.4, -0.2) is 54.1 Å². The summed E-state index contributed by atoms with van der Waals surface area (Å²) in [6.45, 7) is 3.15. The summed E-state index contributed by atoms with van der Waals surface area (Å²) in [7, 11) is 0. The fraction of sp³-hybridized carbons (Fsp3) is 0.700. The Hall–Kier alpha value is -1.79. The van der Waals surface area contributed by atoms with Gasteiger partial charge in [-0.05, 0) is 6.92 Å². The zero-order valence-electron chi connectivity index (χ0n) is 9.73. The van der Waals surface area contributed by atoms with Gasteiger partial charge in [-0.1, -0.05) is 0 Å². The topological polar surface area (TPSA) is 98.7 Å². The SMILES string of the molecule is CCNC(=O)CNC(=O)N1CC(CC(=O)O)C1. The minimum absolute atomic E-state index is 0.0303. The Kier molecular flexibility index (Phi) is 4.74. The minimum atomic E-state index is -0.850. The summed E-state index contributed by atoms with van der Waals surface area (Å²) >= 11 is 0. The number of aliphatic carboxylic acids is 1. The Balaban J connectivity index is 2.15. The fourth-order valence-electron chi connectivity index (χ4n) is 1.64. The Labute approximate surface area is 99.2 Å². The Morgan fingerprint density at radius 2 is 1.94 bits per heavy atom. The van der Waals surface area contributed by atoms with E-state index in [-0.39, 0.29) is 30.8 Å². The minimum Gasteiger partial charge on any atom is -0.481 e. The number of likely N-dealkylation sites (tertiary alicyclic amines) is 1. The zero-order chi connectivity index (χ0) is 12.8. The first-order valence-corrected chi connectivity index (χ1v) is 5.54. The molecule has 3 amide bonds. The Bertz CT molecular complexity index is 313. The molecule has 1 aliphatic rings. The van der Waals surface area contributed by atoms with Crippen molar-refractivity contribution < 1.29 is 19.5 Å². The van der Waals surface area contributed by atoms with Crippen molar-refractivity contribution in [3.8, 4) is 0 Å². The van der Waals surface area contributed by atoms with Crippen LogP contribution in [0.3, 0.4) is 0 Å². The summed E-state index contributed by atoms with van der Waals surface area (Å²) in [5, 5.41) is 13.6. The van der Waals surface area contributed by atoms with Gasteiger partial charge in [-0.15, -0.1) is 0 Å². The summed E-state index contributed by atoms with van der Waals surface area (Å²) in [4.78, 5) is 34.4. The smallest absolute Gasteiger partial charge is 0.317 e. The number of carbonyl (C=O) groups excluding carboxylic acids is 2. The van der Waals surface area contributed by atoms with Crippen molar-refractivity contribution in [2.75, 3.05) is 26.2 Å². The van der Waals surface area contributed by atoms with E-state index in [1.807, 2.05) is 0 Å². The molecule has 0 unspecified atom stereocenters. The third-order valence-electron chi connectivity index (χ3n) is 2.48. The number of hydrogen-bond donors (Lipinski definition) is 3. The predicted octanol–water partition coefficient (Wildman–Crippen LogP) is -0.761. The van der Waals surface area contributed by atoms with Gasteiger partial charge in [-0.25, -0.2) is 4.79 Å². The maximum Gasteiger partial charge on any atom is 0.317 e. The summed E-state index contributed by atoms with van der Waals surface area (Å²) in [6, 6.07) is -0.321. The third-order valence-corrected chi connectivity index (χ3v) is 2.48. The first-order valence-electron chi connectivity index (χ1n) is 5.54. The van der Waals surface area contributed by atoms with E-state index in [1.54, 1.807) is 6.92 Å². The second-order valence-electron chi connectivity index (χ2n) is 3.98. The van der Waals surface area contributed by atoms with Gasteiger partial charge in [0.2, 0.25) is 5.91 Å². The highest BCUT2D eigenvalue weighted by Crippen LogP contribution is 2.18. The molecule has 3 N–H and O–H groups in total. The van der Waals surface area contributed by atoms with Gasteiger partial charge in [0, 0.05) is 25.6 Å². The summed E-state index contributed by atoms with van der Waals surface area (Å²) in [6.07, 6.45) is 0.0834. The lowest BCUT2D eigenvalue weighted by Crippen LogP contribution is -2.55. The number of hydrogen-bond acceptors (Lipinski definition) is 3. The van der Waals surface area contributed by atoms with Gasteiger partial charge in [0.25, 0.3) is 0 Å². The van der Waals surface area contributed by atoms with E-state index >= 15 is 0 Å². The maximum atomic E-state index is 11.5. The molecular formula is C10H17N3O4. The van der Waals surface area contributed by atoms with Crippen LogP contribution in [0, 0.1) is 5.92 Å². The van der Waals surface area contributed by atoms with Crippen molar-refractivity contribution in [3.05, 3.63) is 0 Å². The number of amides is 3. The average Bonchev–Trinajstić information content (AvgIpc) is 2.19. The molecule has 1 aliphatic heterocycles. The maximum absolute atomic E-state index is 11.5. The van der Waals surface area contributed by atoms with E-state index in [0.717, 1.165) is 0 Å². The quantitative estimate of drug-likeness (QED) is 0.591. The molecule has 1 heterocycles. The van der Waals surface area contributed by atoms with Crippen LogP contribution in [0.5, 0.6) is 0 Å². The van der Waals surface area contributed by atoms with Crippen molar-refractivity contribution in [1.82, 2.24) is 15.5 Å². The summed E-state index contributed by atoms with van der Waals surface area (Å²) < 4.78 is 0. The van der Waals surface area contributed by atoms with Crippen LogP contribution in [0.1, 0.15) is 13.3 Å². The van der Waals surface area contributed by atoms with Crippen molar-refractivity contribution in [2.45, 2.75) is 13.3 Å². The molecule has 1 saturated heterocycles. The van der Waals surface area contributed by atoms with Crippen molar-refractivity contribution in [1.29, 1.82) is 0 Å². The van der Waals surface area contributed by atoms with Crippen LogP contribution >= 0.6 is 0 Å². The molecule has 0 radical (unpaired) electrons. The second-order valence-corrected chi connectivity index (χ2v) is 3.98. The van der Waals surface area contributed by atoms with Crippen molar-refractivity contribution in [3.63, 3.8) is 0 Å². The van der Waals surface area contributed by atoms with Crippen LogP contribution in [-0.2, 0) is 9.59 Å². The molecule has 0 spiro atoms. The summed E-state index contributed by atoms with van der Waals surface area (Å²) in [5.74, 6) is -1.05. The van der Waals surface area contributed by atoms with E-state index in [0.29, 0.717) is 19.6 Å². The van der Waals surface area contributed by atoms with E-state index < -0.39 is 5.97 Å². The lowest BCUT2D eigenvalue weighted by atomic mass is 9.97. The Morgan fingerprint density at radius 3 is 2.47 bits per heavy atom. The molecule has 0 aliphatic carbocycles. The van der Waals surface area contributed by atoms with Gasteiger partial charge >= 0.3 is 12.0 Å². The van der Waals surface area contributed by atoms with Gasteiger partial charge in [-0.3, -0.25) is 9.59 Å². The van der Waals surface area contributed by atoms with Crippen molar-refractivity contribution in [2.24, 2.45) is 5.92 Å². The number of carboxylic acid groups (broad SMARTS) is 1. The number of nitrogens with one attached hydrogen (secondary N) is 2. The monoisotopic (exact) mass is 243 g/mol. The highest BCUT2D eigenvalue weighted by Gasteiger charge is 2.31. The van der Waals surface area contributed by atoms with E-state index in [1.165, 1.54) is 4.90 Å². The van der Waals surface area contributed by atoms with Gasteiger partial charge in [0.05, 0.1) is 13.0 Å². The Morgan fingerprint density at radius 1 is 1.29 bits per heavy atom. The van der Waals surface area contributed by atoms with Gasteiger partial charge < -0.3 is 20.6 Å². The standard InChI is InChI=1S/C10H17N3O4/c1-2-11-8(14)4-12-10(17)13-5-7(6-13)3-9(15)16/h7H,2-6H2,1H3,(H,11,14)(H,12,17)(H,15,16). The molecule has 17 heavy (non-hydrogen) atoms. The molecule has 0 aromatic rings. The van der Waals surface area contributed by atoms with E-state index in [4.69, 9.17) is 5.11 Å². The summed E-state index contributed by atoms with van der Waals surface area (Å²) in [5.41, 5.74) is 0. The molecule has 1 fully saturated rings. The molecule has 0 bridgehead atoms. The first-order chi connectivity index (χ1) is 8.02. The number of carbonyl (C=O) groups is 3. The molecule has 7 nitrogen and oxygen atoms in total. The van der Waals surface area contributed by atoms with Gasteiger partial charge in [0.1, 0.15) is 0 Å². The van der Waals surface area contributed by atoms with Crippen LogP contribution in [0.2, 0.25) is 0 Å². The highest BCUT2D eigenvalue weighted by atomic mass is 16.4. The molecule has 0 saturated carbocycles. The lowest BCUT2D eigenvalue weighted by Gasteiger charge is -2.38. The second kappa shape index (κ2) is 6.07. The largest absolute Gasteiger partial charge is 0.481 e. The first kappa shape index (κ1) is 13.3. The molecule has 0 aromatic heterocycles. The highest BCUT2D eigenvalue weighted by molar-refractivity contribution is 5.84. The molecular weight excluding hydrogens is 226 g/mol. The lowest BCUT2D eigenvalue weighted by molar-refractivity contribution is -0.139. The number of rotatable bonds is 5. The molecule has 1 rings (SSSR count). The van der Waals surface area contributed by atoms with Crippen LogP contribution in [0.25, 0.3) is 0 Å². The molecule has 7 heteroatoms. The normalized spacial score (nSPS) is 15.0. The number of nitrogens with zero attached hydrogens (tertiary/aromatic N) is 1. The van der Waals surface area contributed by atoms with Crippen molar-refractivity contribution >= 4 is 17.9 Å². The van der Waals surface area contributed by atoms with E-state index in [2.05, 4.69) is 10.6 Å². The third kappa shape index (κ3) is 4.29. The fourth-order valence-corrected chi connectivity index (χ4v) is 1.64. The van der Waals surface area contributed by atoms with Crippen LogP contribution in [0.15, 0.2) is 0 Å². The molecule has 96 valence electrons. The molecule has 0 atom stereocenters. The van der Waals surface area contributed by atoms with Gasteiger partial charge in [-0.2, -0.15) is 0 Å².